The van der Waals surface area contributed by atoms with Crippen molar-refractivity contribution in [2.24, 2.45) is 0 Å². The van der Waals surface area contributed by atoms with Gasteiger partial charge in [-0.15, -0.1) is 0 Å². The van der Waals surface area contributed by atoms with Gasteiger partial charge in [-0.1, -0.05) is 29.8 Å². The quantitative estimate of drug-likeness (QED) is 0.779. The summed E-state index contributed by atoms with van der Waals surface area (Å²) in [6.45, 7) is 8.35. The molecule has 0 saturated carbocycles. The Hall–Kier alpha value is -0.570. The normalized spacial score (nSPS) is 15.1. The van der Waals surface area contributed by atoms with Gasteiger partial charge in [-0.05, 0) is 31.4 Å². The number of halogens is 1. The van der Waals surface area contributed by atoms with E-state index in [9.17, 15) is 0 Å². The largest absolute Gasteiger partial charge is 0.489 e. The van der Waals surface area contributed by atoms with E-state index in [4.69, 9.17) is 4.74 Å². The highest BCUT2D eigenvalue weighted by atomic mass is 79.9. The van der Waals surface area contributed by atoms with Gasteiger partial charge in [-0.25, -0.2) is 0 Å². The van der Waals surface area contributed by atoms with E-state index < -0.39 is 0 Å². The van der Waals surface area contributed by atoms with Crippen molar-refractivity contribution >= 4 is 15.9 Å². The first kappa shape index (κ1) is 12.5. The molecule has 0 amide bonds. The molecule has 1 aromatic rings. The standard InChI is InChI=1S/C12H18BrNO/c1-8(2)15-12-5-11(6-14-7-12)9(3)10(4)13/h5-10H,1-4H3. The third-order valence-electron chi connectivity index (χ3n) is 2.32. The average Bonchev–Trinajstić information content (AvgIpc) is 2.16. The highest BCUT2D eigenvalue weighted by Crippen LogP contribution is 2.26. The minimum Gasteiger partial charge on any atom is -0.489 e. The van der Waals surface area contributed by atoms with Crippen LogP contribution in [0.25, 0.3) is 0 Å². The molecule has 2 unspecified atom stereocenters. The Morgan fingerprint density at radius 3 is 2.40 bits per heavy atom. The van der Waals surface area contributed by atoms with E-state index in [-0.39, 0.29) is 6.10 Å². The summed E-state index contributed by atoms with van der Waals surface area (Å²) >= 11 is 3.58. The van der Waals surface area contributed by atoms with Crippen LogP contribution in [-0.2, 0) is 0 Å². The maximum absolute atomic E-state index is 5.61. The van der Waals surface area contributed by atoms with E-state index in [1.807, 2.05) is 20.0 Å². The fourth-order valence-electron chi connectivity index (χ4n) is 1.29. The van der Waals surface area contributed by atoms with Crippen LogP contribution in [0.3, 0.4) is 0 Å². The minimum atomic E-state index is 0.193. The molecule has 0 aromatic carbocycles. The molecule has 0 aliphatic rings. The molecule has 84 valence electrons. The summed E-state index contributed by atoms with van der Waals surface area (Å²) in [5.74, 6) is 1.29. The lowest BCUT2D eigenvalue weighted by Crippen LogP contribution is -2.08. The number of hydrogen-bond acceptors (Lipinski definition) is 2. The van der Waals surface area contributed by atoms with Crippen molar-refractivity contribution in [3.8, 4) is 5.75 Å². The van der Waals surface area contributed by atoms with Gasteiger partial charge in [0.05, 0.1) is 12.3 Å². The van der Waals surface area contributed by atoms with Gasteiger partial charge in [0.1, 0.15) is 5.75 Å². The van der Waals surface area contributed by atoms with Crippen molar-refractivity contribution in [3.05, 3.63) is 24.0 Å². The number of alkyl halides is 1. The molecule has 0 N–H and O–H groups in total. The Bertz CT molecular complexity index is 312. The van der Waals surface area contributed by atoms with Crippen LogP contribution in [-0.4, -0.2) is 15.9 Å². The van der Waals surface area contributed by atoms with Gasteiger partial charge in [0.2, 0.25) is 0 Å². The number of nitrogens with zero attached hydrogens (tertiary/aromatic N) is 1. The van der Waals surface area contributed by atoms with Crippen LogP contribution in [0.5, 0.6) is 5.75 Å². The highest BCUT2D eigenvalue weighted by Gasteiger charge is 2.12. The van der Waals surface area contributed by atoms with E-state index in [1.54, 1.807) is 6.20 Å². The van der Waals surface area contributed by atoms with Crippen LogP contribution in [0.4, 0.5) is 0 Å². The van der Waals surface area contributed by atoms with Crippen molar-refractivity contribution in [1.82, 2.24) is 4.98 Å². The van der Waals surface area contributed by atoms with E-state index in [0.29, 0.717) is 10.7 Å². The zero-order valence-electron chi connectivity index (χ0n) is 9.70. The van der Waals surface area contributed by atoms with Gasteiger partial charge >= 0.3 is 0 Å². The number of rotatable bonds is 4. The van der Waals surface area contributed by atoms with Gasteiger partial charge in [-0.3, -0.25) is 4.98 Å². The summed E-state index contributed by atoms with van der Waals surface area (Å²) < 4.78 is 5.61. The number of aromatic nitrogens is 1. The number of pyridine rings is 1. The summed E-state index contributed by atoms with van der Waals surface area (Å²) in [5.41, 5.74) is 1.21. The molecule has 1 aromatic heterocycles. The zero-order valence-corrected chi connectivity index (χ0v) is 11.3. The molecular weight excluding hydrogens is 254 g/mol. The number of ether oxygens (including phenoxy) is 1. The fraction of sp³-hybridized carbons (Fsp3) is 0.583. The molecule has 2 nitrogen and oxygen atoms in total. The molecule has 15 heavy (non-hydrogen) atoms. The molecule has 1 rings (SSSR count). The lowest BCUT2D eigenvalue weighted by Gasteiger charge is -2.16. The predicted molar refractivity (Wildman–Crippen MR) is 66.8 cm³/mol. The average molecular weight is 272 g/mol. The van der Waals surface area contributed by atoms with Crippen LogP contribution in [0.1, 0.15) is 39.2 Å². The summed E-state index contributed by atoms with van der Waals surface area (Å²) in [6.07, 6.45) is 3.85. The Morgan fingerprint density at radius 2 is 1.87 bits per heavy atom. The van der Waals surface area contributed by atoms with Gasteiger partial charge in [0.25, 0.3) is 0 Å². The summed E-state index contributed by atoms with van der Waals surface area (Å²) in [5, 5.41) is 0. The second-order valence-corrected chi connectivity index (χ2v) is 5.53. The monoisotopic (exact) mass is 271 g/mol. The van der Waals surface area contributed by atoms with Crippen LogP contribution in [0.2, 0.25) is 0 Å². The summed E-state index contributed by atoms with van der Waals surface area (Å²) in [6, 6.07) is 2.06. The molecule has 3 heteroatoms. The minimum absolute atomic E-state index is 0.193. The maximum atomic E-state index is 5.61. The molecule has 2 atom stereocenters. The fourth-order valence-corrected chi connectivity index (χ4v) is 1.59. The number of hydrogen-bond donors (Lipinski definition) is 0. The maximum Gasteiger partial charge on any atom is 0.138 e. The smallest absolute Gasteiger partial charge is 0.138 e. The third kappa shape index (κ3) is 3.82. The molecule has 0 aliphatic heterocycles. The first-order chi connectivity index (χ1) is 7.00. The van der Waals surface area contributed by atoms with Crippen molar-refractivity contribution in [2.75, 3.05) is 0 Å². The van der Waals surface area contributed by atoms with Gasteiger partial charge < -0.3 is 4.74 Å². The SMILES string of the molecule is CC(C)Oc1cncc(C(C)C(C)Br)c1. The Labute approximate surface area is 100 Å². The first-order valence-electron chi connectivity index (χ1n) is 5.26. The van der Waals surface area contributed by atoms with E-state index in [2.05, 4.69) is 40.8 Å². The molecule has 0 radical (unpaired) electrons. The Morgan fingerprint density at radius 1 is 1.20 bits per heavy atom. The van der Waals surface area contributed by atoms with Crippen LogP contribution in [0, 0.1) is 0 Å². The lowest BCUT2D eigenvalue weighted by atomic mass is 10.0. The summed E-state index contributed by atoms with van der Waals surface area (Å²) in [7, 11) is 0. The van der Waals surface area contributed by atoms with E-state index >= 15 is 0 Å². The van der Waals surface area contributed by atoms with Crippen molar-refractivity contribution < 1.29 is 4.74 Å². The zero-order chi connectivity index (χ0) is 11.4. The molecule has 1 heterocycles. The molecular formula is C12H18BrNO. The van der Waals surface area contributed by atoms with Crippen molar-refractivity contribution in [3.63, 3.8) is 0 Å². The Kier molecular flexibility index (Phi) is 4.58. The highest BCUT2D eigenvalue weighted by molar-refractivity contribution is 9.09. The molecule has 0 fully saturated rings. The molecule has 0 spiro atoms. The van der Waals surface area contributed by atoms with Gasteiger partial charge in [-0.2, -0.15) is 0 Å². The van der Waals surface area contributed by atoms with Crippen LogP contribution in [0.15, 0.2) is 18.5 Å². The lowest BCUT2D eigenvalue weighted by molar-refractivity contribution is 0.241. The van der Waals surface area contributed by atoms with Crippen LogP contribution < -0.4 is 4.74 Å². The third-order valence-corrected chi connectivity index (χ3v) is 3.11. The van der Waals surface area contributed by atoms with E-state index in [0.717, 1.165) is 5.75 Å². The molecule has 0 saturated heterocycles. The van der Waals surface area contributed by atoms with Crippen molar-refractivity contribution in [2.45, 2.75) is 44.5 Å². The first-order valence-corrected chi connectivity index (χ1v) is 6.18. The van der Waals surface area contributed by atoms with Crippen LogP contribution >= 0.6 is 15.9 Å². The molecule has 0 bridgehead atoms. The van der Waals surface area contributed by atoms with Crippen molar-refractivity contribution in [1.29, 1.82) is 0 Å². The van der Waals surface area contributed by atoms with Gasteiger partial charge in [0.15, 0.2) is 0 Å². The predicted octanol–water partition coefficient (Wildman–Crippen LogP) is 3.76. The second-order valence-electron chi connectivity index (χ2n) is 4.09. The summed E-state index contributed by atoms with van der Waals surface area (Å²) in [4.78, 5) is 4.63. The van der Waals surface area contributed by atoms with Gasteiger partial charge in [0, 0.05) is 11.0 Å². The topological polar surface area (TPSA) is 22.1 Å². The second kappa shape index (κ2) is 5.50. The molecule has 0 aliphatic carbocycles. The van der Waals surface area contributed by atoms with E-state index in [1.165, 1.54) is 5.56 Å². The Balaban J connectivity index is 2.82.